The molecule has 2 aromatic rings. The van der Waals surface area contributed by atoms with E-state index in [2.05, 4.69) is 29.6 Å². The highest BCUT2D eigenvalue weighted by atomic mass is 19.2. The summed E-state index contributed by atoms with van der Waals surface area (Å²) in [6.45, 7) is 1.99. The van der Waals surface area contributed by atoms with Gasteiger partial charge in [0.05, 0.1) is 0 Å². The summed E-state index contributed by atoms with van der Waals surface area (Å²) in [6, 6.07) is 13.0. The van der Waals surface area contributed by atoms with Crippen molar-refractivity contribution in [2.45, 2.75) is 38.3 Å². The molecule has 2 unspecified atom stereocenters. The zero-order valence-corrected chi connectivity index (χ0v) is 12.1. The van der Waals surface area contributed by atoms with Gasteiger partial charge in [0.1, 0.15) is 0 Å². The standard InChI is InChI=1S/C18H19F2N/c1-12(14-7-9-17(19)18(20)11-14)21-16-8-6-13-4-2-3-5-15(13)10-16/h2-5,7,9,11-12,16,21H,6,8,10H2,1H3. The number of hydrogen-bond donors (Lipinski definition) is 1. The molecule has 2 atom stereocenters. The molecule has 0 fully saturated rings. The molecule has 1 nitrogen and oxygen atoms in total. The van der Waals surface area contributed by atoms with E-state index in [1.54, 1.807) is 6.07 Å². The van der Waals surface area contributed by atoms with Gasteiger partial charge in [-0.3, -0.25) is 0 Å². The van der Waals surface area contributed by atoms with Crippen molar-refractivity contribution in [1.29, 1.82) is 0 Å². The number of nitrogens with one attached hydrogen (secondary N) is 1. The van der Waals surface area contributed by atoms with E-state index in [-0.39, 0.29) is 6.04 Å². The minimum atomic E-state index is -0.794. The van der Waals surface area contributed by atoms with Crippen LogP contribution in [-0.2, 0) is 12.8 Å². The van der Waals surface area contributed by atoms with Gasteiger partial charge in [0.25, 0.3) is 0 Å². The van der Waals surface area contributed by atoms with E-state index in [1.165, 1.54) is 23.3 Å². The second-order valence-electron chi connectivity index (χ2n) is 5.77. The highest BCUT2D eigenvalue weighted by Crippen LogP contribution is 2.24. The van der Waals surface area contributed by atoms with Gasteiger partial charge in [-0.15, -0.1) is 0 Å². The molecular weight excluding hydrogens is 268 g/mol. The Bertz CT molecular complexity index is 639. The van der Waals surface area contributed by atoms with E-state index in [1.807, 2.05) is 6.92 Å². The van der Waals surface area contributed by atoms with Gasteiger partial charge in [-0.1, -0.05) is 30.3 Å². The Morgan fingerprint density at radius 1 is 1.05 bits per heavy atom. The maximum atomic E-state index is 13.3. The average molecular weight is 287 g/mol. The molecule has 2 aromatic carbocycles. The van der Waals surface area contributed by atoms with Crippen LogP contribution in [0, 0.1) is 11.6 Å². The first-order valence-corrected chi connectivity index (χ1v) is 7.41. The molecule has 0 saturated carbocycles. The molecule has 3 heteroatoms. The minimum absolute atomic E-state index is 0.00959. The Morgan fingerprint density at radius 3 is 2.57 bits per heavy atom. The van der Waals surface area contributed by atoms with Gasteiger partial charge in [0, 0.05) is 12.1 Å². The Labute approximate surface area is 124 Å². The third kappa shape index (κ3) is 3.13. The first kappa shape index (κ1) is 14.2. The lowest BCUT2D eigenvalue weighted by Gasteiger charge is -2.28. The van der Waals surface area contributed by atoms with E-state index in [0.29, 0.717) is 6.04 Å². The summed E-state index contributed by atoms with van der Waals surface area (Å²) in [4.78, 5) is 0. The summed E-state index contributed by atoms with van der Waals surface area (Å²) in [5.41, 5.74) is 3.60. The highest BCUT2D eigenvalue weighted by Gasteiger charge is 2.20. The SMILES string of the molecule is CC(NC1CCc2ccccc2C1)c1ccc(F)c(F)c1. The monoisotopic (exact) mass is 287 g/mol. The van der Waals surface area contributed by atoms with E-state index in [9.17, 15) is 8.78 Å². The molecule has 0 amide bonds. The second-order valence-corrected chi connectivity index (χ2v) is 5.77. The van der Waals surface area contributed by atoms with Crippen molar-refractivity contribution in [1.82, 2.24) is 5.32 Å². The van der Waals surface area contributed by atoms with Gasteiger partial charge in [0.15, 0.2) is 11.6 Å². The Balaban J connectivity index is 1.68. The summed E-state index contributed by atoms with van der Waals surface area (Å²) >= 11 is 0. The molecule has 21 heavy (non-hydrogen) atoms. The zero-order chi connectivity index (χ0) is 14.8. The fourth-order valence-corrected chi connectivity index (χ4v) is 3.07. The topological polar surface area (TPSA) is 12.0 Å². The maximum Gasteiger partial charge on any atom is 0.159 e. The van der Waals surface area contributed by atoms with Crippen molar-refractivity contribution < 1.29 is 8.78 Å². The number of rotatable bonds is 3. The van der Waals surface area contributed by atoms with E-state index >= 15 is 0 Å². The summed E-state index contributed by atoms with van der Waals surface area (Å²) in [5.74, 6) is -1.58. The van der Waals surface area contributed by atoms with Crippen molar-refractivity contribution in [3.05, 3.63) is 70.8 Å². The van der Waals surface area contributed by atoms with E-state index < -0.39 is 11.6 Å². The Hall–Kier alpha value is -1.74. The summed E-state index contributed by atoms with van der Waals surface area (Å²) in [5, 5.41) is 3.53. The molecule has 0 bridgehead atoms. The molecule has 0 heterocycles. The van der Waals surface area contributed by atoms with Crippen LogP contribution in [0.5, 0.6) is 0 Å². The zero-order valence-electron chi connectivity index (χ0n) is 12.1. The van der Waals surface area contributed by atoms with Crippen LogP contribution in [0.3, 0.4) is 0 Å². The summed E-state index contributed by atoms with van der Waals surface area (Å²) < 4.78 is 26.3. The van der Waals surface area contributed by atoms with Crippen LogP contribution in [0.2, 0.25) is 0 Å². The first-order valence-electron chi connectivity index (χ1n) is 7.41. The molecule has 1 aliphatic rings. The predicted octanol–water partition coefficient (Wildman–Crippen LogP) is 4.17. The molecule has 3 rings (SSSR count). The van der Waals surface area contributed by atoms with Crippen molar-refractivity contribution in [3.63, 3.8) is 0 Å². The molecular formula is C18H19F2N. The Morgan fingerprint density at radius 2 is 1.81 bits per heavy atom. The third-order valence-electron chi connectivity index (χ3n) is 4.28. The van der Waals surface area contributed by atoms with Crippen LogP contribution in [0.1, 0.15) is 36.1 Å². The number of fused-ring (bicyclic) bond motifs is 1. The maximum absolute atomic E-state index is 13.3. The van der Waals surface area contributed by atoms with Crippen LogP contribution in [0.4, 0.5) is 8.78 Å². The van der Waals surface area contributed by atoms with Gasteiger partial charge in [-0.2, -0.15) is 0 Å². The van der Waals surface area contributed by atoms with Crippen molar-refractivity contribution in [2.75, 3.05) is 0 Å². The smallest absolute Gasteiger partial charge is 0.159 e. The molecule has 0 aromatic heterocycles. The van der Waals surface area contributed by atoms with E-state index in [0.717, 1.165) is 24.8 Å². The van der Waals surface area contributed by atoms with Crippen LogP contribution >= 0.6 is 0 Å². The molecule has 0 spiro atoms. The lowest BCUT2D eigenvalue weighted by atomic mass is 9.88. The number of benzene rings is 2. The van der Waals surface area contributed by atoms with Gasteiger partial charge in [-0.05, 0) is 55.0 Å². The number of hydrogen-bond acceptors (Lipinski definition) is 1. The normalized spacial score (nSPS) is 19.1. The average Bonchev–Trinajstić information content (AvgIpc) is 2.50. The van der Waals surface area contributed by atoms with Crippen LogP contribution in [0.15, 0.2) is 42.5 Å². The van der Waals surface area contributed by atoms with Crippen molar-refractivity contribution >= 4 is 0 Å². The minimum Gasteiger partial charge on any atom is -0.307 e. The molecule has 110 valence electrons. The van der Waals surface area contributed by atoms with Crippen molar-refractivity contribution in [3.8, 4) is 0 Å². The number of aryl methyl sites for hydroxylation is 1. The fraction of sp³-hybridized carbons (Fsp3) is 0.333. The summed E-state index contributed by atoms with van der Waals surface area (Å²) in [6.07, 6.45) is 3.13. The third-order valence-corrected chi connectivity index (χ3v) is 4.28. The molecule has 0 aliphatic heterocycles. The van der Waals surface area contributed by atoms with Crippen LogP contribution < -0.4 is 5.32 Å². The lowest BCUT2D eigenvalue weighted by molar-refractivity contribution is 0.411. The summed E-state index contributed by atoms with van der Waals surface area (Å²) in [7, 11) is 0. The van der Waals surface area contributed by atoms with Gasteiger partial charge in [0.2, 0.25) is 0 Å². The van der Waals surface area contributed by atoms with Gasteiger partial charge >= 0.3 is 0 Å². The second kappa shape index (κ2) is 5.94. The lowest BCUT2D eigenvalue weighted by Crippen LogP contribution is -2.36. The quantitative estimate of drug-likeness (QED) is 0.893. The van der Waals surface area contributed by atoms with Crippen molar-refractivity contribution in [2.24, 2.45) is 0 Å². The predicted molar refractivity (Wildman–Crippen MR) is 80.2 cm³/mol. The fourth-order valence-electron chi connectivity index (χ4n) is 3.07. The number of halogens is 2. The van der Waals surface area contributed by atoms with Crippen LogP contribution in [0.25, 0.3) is 0 Å². The molecule has 0 radical (unpaired) electrons. The largest absolute Gasteiger partial charge is 0.307 e. The molecule has 0 saturated heterocycles. The van der Waals surface area contributed by atoms with Gasteiger partial charge < -0.3 is 5.32 Å². The van der Waals surface area contributed by atoms with Crippen LogP contribution in [-0.4, -0.2) is 6.04 Å². The highest BCUT2D eigenvalue weighted by molar-refractivity contribution is 5.30. The Kier molecular flexibility index (Phi) is 4.02. The molecule has 1 aliphatic carbocycles. The van der Waals surface area contributed by atoms with E-state index in [4.69, 9.17) is 0 Å². The first-order chi connectivity index (χ1) is 10.1. The molecule has 1 N–H and O–H groups in total. The van der Waals surface area contributed by atoms with Gasteiger partial charge in [-0.25, -0.2) is 8.78 Å².